The molecular formula is C30H59NO13. The second-order valence-corrected chi connectivity index (χ2v) is 9.39. The Hall–Kier alpha value is -1.46. The Bertz CT molecular complexity index is 737. The zero-order chi connectivity index (χ0) is 33.7. The van der Waals surface area contributed by atoms with Crippen LogP contribution in [0.25, 0.3) is 0 Å². The van der Waals surface area contributed by atoms with Gasteiger partial charge >= 0.3 is 29.8 Å². The number of nitrogens with zero attached hydrogens (tertiary/aromatic N) is 1. The van der Waals surface area contributed by atoms with Gasteiger partial charge in [0, 0.05) is 59.3 Å². The van der Waals surface area contributed by atoms with Crippen molar-refractivity contribution in [2.24, 2.45) is 0 Å². The van der Waals surface area contributed by atoms with Crippen molar-refractivity contribution in [3.8, 4) is 0 Å². The standard InChI is InChI=1S/C30H59NO13/c1-10-19-23-44-29(40-15-6,30(41-16-7,42-17-8)43-18-9)31(24(26(34)35)20-21-25(32)33)27(36-22-11-2)28(37-12-3,38-13-4)39-14-5/h24,27H,10-23H2,1-9H3,(H,32,33)(H,34,35)/t24-,27?,29?/m0/s1. The predicted molar refractivity (Wildman–Crippen MR) is 161 cm³/mol. The molecule has 14 heteroatoms. The Morgan fingerprint density at radius 2 is 1.11 bits per heavy atom. The molecular weight excluding hydrogens is 582 g/mol. The molecule has 2 unspecified atom stereocenters. The molecule has 0 radical (unpaired) electrons. The van der Waals surface area contributed by atoms with Crippen LogP contribution in [0.3, 0.4) is 0 Å². The quantitative estimate of drug-likeness (QED) is 0.0839. The Morgan fingerprint density at radius 1 is 0.636 bits per heavy atom. The largest absolute Gasteiger partial charge is 0.481 e. The van der Waals surface area contributed by atoms with Crippen molar-refractivity contribution in [2.75, 3.05) is 59.5 Å². The highest BCUT2D eigenvalue weighted by Gasteiger charge is 2.69. The molecule has 3 atom stereocenters. The Morgan fingerprint density at radius 3 is 1.48 bits per heavy atom. The normalized spacial score (nSPS) is 15.3. The summed E-state index contributed by atoms with van der Waals surface area (Å²) in [5.41, 5.74) is 0. The molecule has 0 aromatic heterocycles. The minimum Gasteiger partial charge on any atom is -0.481 e. The third-order valence-electron chi connectivity index (χ3n) is 6.19. The van der Waals surface area contributed by atoms with Gasteiger partial charge in [-0.3, -0.25) is 9.59 Å². The van der Waals surface area contributed by atoms with Crippen molar-refractivity contribution < 1.29 is 62.4 Å². The van der Waals surface area contributed by atoms with Gasteiger partial charge in [-0.05, 0) is 67.7 Å². The third-order valence-corrected chi connectivity index (χ3v) is 6.19. The van der Waals surface area contributed by atoms with Gasteiger partial charge in [-0.15, -0.1) is 0 Å². The molecule has 0 amide bonds. The molecule has 0 rings (SSSR count). The lowest BCUT2D eigenvalue weighted by Gasteiger charge is -2.56. The van der Waals surface area contributed by atoms with Crippen LogP contribution in [0.1, 0.15) is 94.4 Å². The summed E-state index contributed by atoms with van der Waals surface area (Å²) in [6.07, 6.45) is -0.658. The zero-order valence-electron chi connectivity index (χ0n) is 28.4. The monoisotopic (exact) mass is 641 g/mol. The van der Waals surface area contributed by atoms with Gasteiger partial charge in [-0.25, -0.2) is 0 Å². The highest BCUT2D eigenvalue weighted by Crippen LogP contribution is 2.44. The van der Waals surface area contributed by atoms with E-state index >= 15 is 0 Å². The maximum Gasteiger partial charge on any atom is 0.357 e. The van der Waals surface area contributed by atoms with E-state index in [-0.39, 0.29) is 59.5 Å². The average molecular weight is 642 g/mol. The number of hydrogen-bond acceptors (Lipinski definition) is 12. The molecule has 0 aromatic rings. The zero-order valence-corrected chi connectivity index (χ0v) is 28.4. The van der Waals surface area contributed by atoms with E-state index in [1.54, 1.807) is 48.5 Å². The molecule has 262 valence electrons. The van der Waals surface area contributed by atoms with Crippen molar-refractivity contribution in [1.82, 2.24) is 4.90 Å². The number of carboxylic acids is 2. The summed E-state index contributed by atoms with van der Waals surface area (Å²) in [6.45, 7) is 16.4. The summed E-state index contributed by atoms with van der Waals surface area (Å²) in [7, 11) is 0. The van der Waals surface area contributed by atoms with Crippen LogP contribution in [-0.4, -0.2) is 117 Å². The highest BCUT2D eigenvalue weighted by atomic mass is 16.9. The van der Waals surface area contributed by atoms with Crippen molar-refractivity contribution in [3.63, 3.8) is 0 Å². The number of hydrogen-bond donors (Lipinski definition) is 2. The third kappa shape index (κ3) is 11.4. The number of carbonyl (C=O) groups is 2. The molecule has 0 aliphatic heterocycles. The lowest BCUT2D eigenvalue weighted by atomic mass is 10.1. The van der Waals surface area contributed by atoms with Crippen LogP contribution in [0.4, 0.5) is 0 Å². The van der Waals surface area contributed by atoms with E-state index in [1.807, 2.05) is 13.8 Å². The Labute approximate surface area is 263 Å². The van der Waals surface area contributed by atoms with E-state index < -0.39 is 54.9 Å². The molecule has 0 heterocycles. The first-order valence-electron chi connectivity index (χ1n) is 16.0. The van der Waals surface area contributed by atoms with Gasteiger partial charge in [0.25, 0.3) is 0 Å². The molecule has 0 aliphatic rings. The van der Waals surface area contributed by atoms with Crippen LogP contribution < -0.4 is 0 Å². The van der Waals surface area contributed by atoms with E-state index in [4.69, 9.17) is 42.6 Å². The maximum atomic E-state index is 13.3. The maximum absolute atomic E-state index is 13.3. The van der Waals surface area contributed by atoms with Crippen molar-refractivity contribution in [2.45, 2.75) is 125 Å². The number of rotatable bonds is 30. The van der Waals surface area contributed by atoms with Crippen molar-refractivity contribution in [3.05, 3.63) is 0 Å². The van der Waals surface area contributed by atoms with E-state index in [9.17, 15) is 19.8 Å². The first-order chi connectivity index (χ1) is 21.1. The van der Waals surface area contributed by atoms with Gasteiger partial charge in [0.1, 0.15) is 6.04 Å². The smallest absolute Gasteiger partial charge is 0.357 e. The molecule has 2 N–H and O–H groups in total. The fourth-order valence-electron chi connectivity index (χ4n) is 4.73. The Balaban J connectivity index is 8.40. The van der Waals surface area contributed by atoms with Crippen LogP contribution >= 0.6 is 0 Å². The highest BCUT2D eigenvalue weighted by molar-refractivity contribution is 5.75. The molecule has 44 heavy (non-hydrogen) atoms. The van der Waals surface area contributed by atoms with Gasteiger partial charge in [0.2, 0.25) is 0 Å². The fourth-order valence-corrected chi connectivity index (χ4v) is 4.73. The minimum absolute atomic E-state index is 0.0335. The van der Waals surface area contributed by atoms with Crippen LogP contribution in [0.5, 0.6) is 0 Å². The van der Waals surface area contributed by atoms with Gasteiger partial charge in [0.15, 0.2) is 6.23 Å². The predicted octanol–water partition coefficient (Wildman–Crippen LogP) is 4.39. The molecule has 0 saturated carbocycles. The summed E-state index contributed by atoms with van der Waals surface area (Å²) >= 11 is 0. The minimum atomic E-state index is -2.32. The van der Waals surface area contributed by atoms with Crippen LogP contribution in [0.15, 0.2) is 0 Å². The van der Waals surface area contributed by atoms with Gasteiger partial charge in [-0.1, -0.05) is 20.3 Å². The topological polar surface area (TPSA) is 161 Å². The number of carboxylic acid groups (broad SMARTS) is 2. The number of ether oxygens (including phenoxy) is 9. The summed E-state index contributed by atoms with van der Waals surface area (Å²) in [5, 5.41) is 20.5. The van der Waals surface area contributed by atoms with E-state index in [2.05, 4.69) is 0 Å². The summed E-state index contributed by atoms with van der Waals surface area (Å²) in [6, 6.07) is -1.65. The first kappa shape index (κ1) is 42.5. The second-order valence-electron chi connectivity index (χ2n) is 9.39. The summed E-state index contributed by atoms with van der Waals surface area (Å²) in [4.78, 5) is 26.3. The summed E-state index contributed by atoms with van der Waals surface area (Å²) in [5.74, 6) is -9.15. The molecule has 0 spiro atoms. The SMILES string of the molecule is CCCCOC(OCC)(N(C(OCCC)C(OCC)(OCC)OCC)[C@@H](CCC(=O)O)C(=O)O)C(OCC)(OCC)OCC. The molecule has 0 aliphatic carbocycles. The molecule has 0 fully saturated rings. The molecule has 0 bridgehead atoms. The average Bonchev–Trinajstić information content (AvgIpc) is 2.96. The number of unbranched alkanes of at least 4 members (excludes halogenated alkanes) is 1. The van der Waals surface area contributed by atoms with Gasteiger partial charge in [-0.2, -0.15) is 4.90 Å². The summed E-state index contributed by atoms with van der Waals surface area (Å²) < 4.78 is 56.6. The van der Waals surface area contributed by atoms with E-state index in [0.29, 0.717) is 12.8 Å². The van der Waals surface area contributed by atoms with Crippen LogP contribution in [0, 0.1) is 0 Å². The van der Waals surface area contributed by atoms with Crippen LogP contribution in [0.2, 0.25) is 0 Å². The molecule has 0 aromatic carbocycles. The van der Waals surface area contributed by atoms with Gasteiger partial charge in [0.05, 0.1) is 6.61 Å². The lowest BCUT2D eigenvalue weighted by Crippen LogP contribution is -2.78. The fraction of sp³-hybridized carbons (Fsp3) is 0.933. The van der Waals surface area contributed by atoms with Crippen LogP contribution in [-0.2, 0) is 52.2 Å². The second kappa shape index (κ2) is 23.0. The number of aliphatic carboxylic acids is 2. The van der Waals surface area contributed by atoms with E-state index in [1.165, 1.54) is 4.90 Å². The van der Waals surface area contributed by atoms with Crippen molar-refractivity contribution >= 4 is 11.9 Å². The van der Waals surface area contributed by atoms with Crippen molar-refractivity contribution in [1.29, 1.82) is 0 Å². The molecule has 14 nitrogen and oxygen atoms in total. The first-order valence-corrected chi connectivity index (χ1v) is 16.0. The lowest BCUT2D eigenvalue weighted by molar-refractivity contribution is -0.554. The molecule has 0 saturated heterocycles. The Kier molecular flexibility index (Phi) is 22.2. The van der Waals surface area contributed by atoms with Gasteiger partial charge < -0.3 is 52.8 Å². The van der Waals surface area contributed by atoms with E-state index in [0.717, 1.165) is 6.42 Å².